The molecule has 5 heteroatoms. The van der Waals surface area contributed by atoms with Crippen molar-refractivity contribution in [2.45, 2.75) is 91.5 Å². The molecule has 0 spiro atoms. The summed E-state index contributed by atoms with van der Waals surface area (Å²) in [5.74, 6) is -0.545. The van der Waals surface area contributed by atoms with Crippen molar-refractivity contribution in [2.24, 2.45) is 0 Å². The van der Waals surface area contributed by atoms with Gasteiger partial charge in [-0.15, -0.1) is 0 Å². The predicted octanol–water partition coefficient (Wildman–Crippen LogP) is 4.53. The van der Waals surface area contributed by atoms with E-state index in [1.54, 1.807) is 6.92 Å². The number of aromatic nitrogens is 1. The third kappa shape index (κ3) is 7.22. The average molecular weight is 365 g/mol. The summed E-state index contributed by atoms with van der Waals surface area (Å²) < 4.78 is 1.32. The Hall–Kier alpha value is -1.78. The molecule has 0 aliphatic heterocycles. The van der Waals surface area contributed by atoms with Gasteiger partial charge in [0.2, 0.25) is 5.88 Å². The number of carbonyl (C=O) groups excluding carboxylic acids is 1. The molecule has 0 fully saturated rings. The number of unbranched alkanes of at least 4 members (excludes halogenated alkanes) is 9. The summed E-state index contributed by atoms with van der Waals surface area (Å²) in [6.45, 7) is 6.67. The van der Waals surface area contributed by atoms with E-state index in [0.717, 1.165) is 19.3 Å². The van der Waals surface area contributed by atoms with Crippen molar-refractivity contribution in [3.8, 4) is 5.88 Å². The van der Waals surface area contributed by atoms with Crippen LogP contribution in [0.25, 0.3) is 0 Å². The molecule has 1 heterocycles. The van der Waals surface area contributed by atoms with Crippen LogP contribution in [0.15, 0.2) is 10.9 Å². The van der Waals surface area contributed by atoms with Crippen LogP contribution in [0.3, 0.4) is 0 Å². The monoisotopic (exact) mass is 364 g/mol. The van der Waals surface area contributed by atoms with E-state index in [9.17, 15) is 14.7 Å². The fraction of sp³-hybridized carbons (Fsp3) is 0.714. The molecule has 0 saturated heterocycles. The van der Waals surface area contributed by atoms with Gasteiger partial charge in [0, 0.05) is 19.2 Å². The van der Waals surface area contributed by atoms with Gasteiger partial charge in [-0.3, -0.25) is 14.2 Å². The molecule has 1 aromatic rings. The standard InChI is InChI=1S/C21H36N2O3/c1-4-6-7-8-9-10-11-12-13-14-15-23-18(24)16-17(3)19(21(23)26)20(25)22-5-2/h16,26H,4-15H2,1-3H3,(H,22,25). The fourth-order valence-corrected chi connectivity index (χ4v) is 3.25. The lowest BCUT2D eigenvalue weighted by Crippen LogP contribution is -2.28. The molecule has 26 heavy (non-hydrogen) atoms. The van der Waals surface area contributed by atoms with Crippen molar-refractivity contribution in [3.05, 3.63) is 27.5 Å². The highest BCUT2D eigenvalue weighted by molar-refractivity contribution is 5.97. The first-order valence-corrected chi connectivity index (χ1v) is 10.2. The van der Waals surface area contributed by atoms with Crippen LogP contribution in [0, 0.1) is 6.92 Å². The van der Waals surface area contributed by atoms with Gasteiger partial charge in [-0.05, 0) is 25.8 Å². The second-order valence-electron chi connectivity index (χ2n) is 7.06. The van der Waals surface area contributed by atoms with E-state index in [0.29, 0.717) is 18.7 Å². The Kier molecular flexibility index (Phi) is 10.7. The smallest absolute Gasteiger partial charge is 0.256 e. The molecule has 0 radical (unpaired) electrons. The topological polar surface area (TPSA) is 71.3 Å². The highest BCUT2D eigenvalue weighted by Crippen LogP contribution is 2.19. The van der Waals surface area contributed by atoms with Crippen LogP contribution in [0.2, 0.25) is 0 Å². The third-order valence-electron chi connectivity index (χ3n) is 4.78. The van der Waals surface area contributed by atoms with Crippen LogP contribution in [-0.4, -0.2) is 22.1 Å². The lowest BCUT2D eigenvalue weighted by Gasteiger charge is -2.14. The predicted molar refractivity (Wildman–Crippen MR) is 107 cm³/mol. The normalized spacial score (nSPS) is 10.9. The lowest BCUT2D eigenvalue weighted by molar-refractivity contribution is 0.0950. The molecule has 0 aromatic carbocycles. The maximum Gasteiger partial charge on any atom is 0.256 e. The molecule has 0 saturated carbocycles. The van der Waals surface area contributed by atoms with Gasteiger partial charge in [-0.1, -0.05) is 64.7 Å². The largest absolute Gasteiger partial charge is 0.494 e. The quantitative estimate of drug-likeness (QED) is 0.505. The molecule has 1 rings (SSSR count). The van der Waals surface area contributed by atoms with Gasteiger partial charge in [-0.2, -0.15) is 0 Å². The highest BCUT2D eigenvalue weighted by Gasteiger charge is 2.18. The maximum atomic E-state index is 12.2. The number of aromatic hydroxyl groups is 1. The number of rotatable bonds is 13. The molecule has 0 aliphatic rings. The fourth-order valence-electron chi connectivity index (χ4n) is 3.25. The summed E-state index contributed by atoms with van der Waals surface area (Å²) in [7, 11) is 0. The zero-order chi connectivity index (χ0) is 19.4. The Labute approximate surface area is 157 Å². The van der Waals surface area contributed by atoms with E-state index >= 15 is 0 Å². The Morgan fingerprint density at radius 3 is 2.08 bits per heavy atom. The van der Waals surface area contributed by atoms with Crippen LogP contribution in [-0.2, 0) is 6.54 Å². The zero-order valence-corrected chi connectivity index (χ0v) is 16.8. The number of amides is 1. The Morgan fingerprint density at radius 1 is 1.00 bits per heavy atom. The van der Waals surface area contributed by atoms with E-state index in [1.165, 1.54) is 55.6 Å². The first-order valence-electron chi connectivity index (χ1n) is 10.2. The second-order valence-corrected chi connectivity index (χ2v) is 7.06. The summed E-state index contributed by atoms with van der Waals surface area (Å²) in [5, 5.41) is 13.1. The van der Waals surface area contributed by atoms with Crippen LogP contribution < -0.4 is 10.9 Å². The van der Waals surface area contributed by atoms with Crippen molar-refractivity contribution in [2.75, 3.05) is 6.54 Å². The van der Waals surface area contributed by atoms with Gasteiger partial charge in [0.15, 0.2) is 0 Å². The Morgan fingerprint density at radius 2 is 1.54 bits per heavy atom. The first kappa shape index (κ1) is 22.3. The number of nitrogens with one attached hydrogen (secondary N) is 1. The Balaban J connectivity index is 2.44. The highest BCUT2D eigenvalue weighted by atomic mass is 16.3. The zero-order valence-electron chi connectivity index (χ0n) is 16.8. The second kappa shape index (κ2) is 12.6. The van der Waals surface area contributed by atoms with E-state index < -0.39 is 0 Å². The molecule has 5 nitrogen and oxygen atoms in total. The van der Waals surface area contributed by atoms with Crippen LogP contribution >= 0.6 is 0 Å². The third-order valence-corrected chi connectivity index (χ3v) is 4.78. The lowest BCUT2D eigenvalue weighted by atomic mass is 10.1. The van der Waals surface area contributed by atoms with Gasteiger partial charge in [-0.25, -0.2) is 0 Å². The number of nitrogens with zero attached hydrogens (tertiary/aromatic N) is 1. The molecule has 0 bridgehead atoms. The number of pyridine rings is 1. The number of carbonyl (C=O) groups is 1. The summed E-state index contributed by atoms with van der Waals surface area (Å²) in [6.07, 6.45) is 12.1. The number of hydrogen-bond acceptors (Lipinski definition) is 3. The molecule has 1 aromatic heterocycles. The van der Waals surface area contributed by atoms with Gasteiger partial charge in [0.1, 0.15) is 5.56 Å². The molecule has 0 atom stereocenters. The SMILES string of the molecule is CCCCCCCCCCCCn1c(O)c(C(=O)NCC)c(C)cc1=O. The van der Waals surface area contributed by atoms with Gasteiger partial charge in [0.25, 0.3) is 11.5 Å². The molecule has 1 amide bonds. The molecule has 0 unspecified atom stereocenters. The number of hydrogen-bond donors (Lipinski definition) is 2. The van der Waals surface area contributed by atoms with Crippen molar-refractivity contribution in [1.82, 2.24) is 9.88 Å². The van der Waals surface area contributed by atoms with E-state index in [4.69, 9.17) is 0 Å². The van der Waals surface area contributed by atoms with Gasteiger partial charge in [0.05, 0.1) is 0 Å². The van der Waals surface area contributed by atoms with E-state index in [1.807, 2.05) is 6.92 Å². The van der Waals surface area contributed by atoms with Crippen molar-refractivity contribution in [3.63, 3.8) is 0 Å². The molecule has 148 valence electrons. The minimum absolute atomic E-state index is 0.207. The summed E-state index contributed by atoms with van der Waals surface area (Å²) in [5.41, 5.74) is 0.472. The molecule has 0 aliphatic carbocycles. The average Bonchev–Trinajstić information content (AvgIpc) is 2.59. The molecular weight excluding hydrogens is 328 g/mol. The minimum atomic E-state index is -0.334. The van der Waals surface area contributed by atoms with E-state index in [2.05, 4.69) is 12.2 Å². The van der Waals surface area contributed by atoms with Crippen LogP contribution in [0.4, 0.5) is 0 Å². The van der Waals surface area contributed by atoms with Crippen molar-refractivity contribution >= 4 is 5.91 Å². The molecule has 2 N–H and O–H groups in total. The Bertz CT molecular complexity index is 608. The number of aryl methyl sites for hydroxylation is 1. The first-order chi connectivity index (χ1) is 12.5. The molecular formula is C21H36N2O3. The summed E-state index contributed by atoms with van der Waals surface area (Å²) in [6, 6.07) is 1.43. The maximum absolute atomic E-state index is 12.2. The summed E-state index contributed by atoms with van der Waals surface area (Å²) in [4.78, 5) is 24.3. The van der Waals surface area contributed by atoms with Gasteiger partial charge < -0.3 is 10.4 Å². The van der Waals surface area contributed by atoms with Crippen LogP contribution in [0.1, 0.15) is 94.0 Å². The van der Waals surface area contributed by atoms with Crippen LogP contribution in [0.5, 0.6) is 5.88 Å². The minimum Gasteiger partial charge on any atom is -0.494 e. The van der Waals surface area contributed by atoms with Gasteiger partial charge >= 0.3 is 0 Å². The summed E-state index contributed by atoms with van der Waals surface area (Å²) >= 11 is 0. The van der Waals surface area contributed by atoms with Crippen molar-refractivity contribution in [1.29, 1.82) is 0 Å². The van der Waals surface area contributed by atoms with Crippen molar-refractivity contribution < 1.29 is 9.90 Å². The van der Waals surface area contributed by atoms with E-state index in [-0.39, 0.29) is 22.9 Å².